The van der Waals surface area contributed by atoms with Crippen LogP contribution in [0.5, 0.6) is 0 Å². The fourth-order valence-corrected chi connectivity index (χ4v) is 2.14. The summed E-state index contributed by atoms with van der Waals surface area (Å²) in [5.74, 6) is 1.70. The summed E-state index contributed by atoms with van der Waals surface area (Å²) < 4.78 is 0. The van der Waals surface area contributed by atoms with Crippen LogP contribution in [0.3, 0.4) is 0 Å². The third-order valence-electron chi connectivity index (χ3n) is 3.30. The van der Waals surface area contributed by atoms with Crippen LogP contribution in [-0.4, -0.2) is 41.5 Å². The van der Waals surface area contributed by atoms with Gasteiger partial charge in [0.15, 0.2) is 0 Å². The van der Waals surface area contributed by atoms with Gasteiger partial charge in [-0.2, -0.15) is 0 Å². The Kier molecular flexibility index (Phi) is 3.51. The maximum absolute atomic E-state index is 5.64. The van der Waals surface area contributed by atoms with Crippen molar-refractivity contribution in [2.45, 2.75) is 25.2 Å². The van der Waals surface area contributed by atoms with Crippen molar-refractivity contribution in [1.29, 1.82) is 0 Å². The molecule has 2 unspecified atom stereocenters. The van der Waals surface area contributed by atoms with Crippen molar-refractivity contribution in [2.24, 2.45) is 5.73 Å². The van der Waals surface area contributed by atoms with Crippen LogP contribution in [-0.2, 0) is 0 Å². The van der Waals surface area contributed by atoms with Gasteiger partial charge < -0.3 is 10.6 Å². The topological polar surface area (TPSA) is 55.0 Å². The number of likely N-dealkylation sites (tertiary alicyclic amines) is 1. The molecule has 1 aromatic rings. The molecule has 2 heterocycles. The van der Waals surface area contributed by atoms with Crippen molar-refractivity contribution in [2.75, 3.05) is 26.7 Å². The fraction of sp³-hybridized carbons (Fsp3) is 0.667. The van der Waals surface area contributed by atoms with E-state index in [4.69, 9.17) is 5.73 Å². The molecule has 1 aliphatic heterocycles. The predicted octanol–water partition coefficient (Wildman–Crippen LogP) is 0.958. The van der Waals surface area contributed by atoms with Crippen molar-refractivity contribution in [1.82, 2.24) is 14.9 Å². The molecule has 1 aromatic heterocycles. The minimum absolute atomic E-state index is 0.249. The second kappa shape index (κ2) is 4.89. The quantitative estimate of drug-likeness (QED) is 0.824. The smallest absolute Gasteiger partial charge is 0.132 e. The largest absolute Gasteiger partial charge is 0.330 e. The molecule has 1 saturated heterocycles. The van der Waals surface area contributed by atoms with E-state index in [0.717, 1.165) is 18.9 Å². The molecule has 0 aromatic carbocycles. The van der Waals surface area contributed by atoms with Crippen LogP contribution in [0.25, 0.3) is 0 Å². The first-order chi connectivity index (χ1) is 7.70. The standard InChI is InChI=1S/C12H20N4/c1-9(7-13)12-14-5-3-11(15-12)10-4-6-16(2)8-10/h3,5,9-10H,4,6-8,13H2,1-2H3. The van der Waals surface area contributed by atoms with Gasteiger partial charge in [-0.05, 0) is 26.1 Å². The number of likely N-dealkylation sites (N-methyl/N-ethyl adjacent to an activating group) is 1. The molecule has 2 rings (SSSR count). The second-order valence-corrected chi connectivity index (χ2v) is 4.72. The normalized spacial score (nSPS) is 23.6. The van der Waals surface area contributed by atoms with Crippen molar-refractivity contribution in [3.8, 4) is 0 Å². The van der Waals surface area contributed by atoms with Crippen molar-refractivity contribution < 1.29 is 0 Å². The van der Waals surface area contributed by atoms with Crippen molar-refractivity contribution in [3.63, 3.8) is 0 Å². The SMILES string of the molecule is CC(CN)c1nccc(C2CCN(C)C2)n1. The first-order valence-electron chi connectivity index (χ1n) is 5.92. The van der Waals surface area contributed by atoms with Gasteiger partial charge in [0.05, 0.1) is 0 Å². The average molecular weight is 220 g/mol. The van der Waals surface area contributed by atoms with Crippen LogP contribution in [0.2, 0.25) is 0 Å². The first-order valence-corrected chi connectivity index (χ1v) is 5.92. The van der Waals surface area contributed by atoms with E-state index in [2.05, 4.69) is 28.8 Å². The molecule has 0 radical (unpaired) electrons. The molecule has 0 saturated carbocycles. The number of hydrogen-bond acceptors (Lipinski definition) is 4. The van der Waals surface area contributed by atoms with Gasteiger partial charge >= 0.3 is 0 Å². The summed E-state index contributed by atoms with van der Waals surface area (Å²) in [4.78, 5) is 11.3. The maximum Gasteiger partial charge on any atom is 0.132 e. The van der Waals surface area contributed by atoms with E-state index in [1.165, 1.54) is 12.1 Å². The lowest BCUT2D eigenvalue weighted by Crippen LogP contribution is -2.16. The molecule has 1 fully saturated rings. The maximum atomic E-state index is 5.64. The minimum atomic E-state index is 0.249. The molecular formula is C12H20N4. The lowest BCUT2D eigenvalue weighted by Gasteiger charge is -2.12. The summed E-state index contributed by atoms with van der Waals surface area (Å²) in [7, 11) is 2.16. The zero-order valence-electron chi connectivity index (χ0n) is 10.1. The van der Waals surface area contributed by atoms with Gasteiger partial charge in [0.25, 0.3) is 0 Å². The van der Waals surface area contributed by atoms with Gasteiger partial charge in [0, 0.05) is 36.8 Å². The summed E-state index contributed by atoms with van der Waals surface area (Å²) in [5, 5.41) is 0. The Balaban J connectivity index is 2.16. The van der Waals surface area contributed by atoms with Gasteiger partial charge in [-0.1, -0.05) is 6.92 Å². The molecule has 4 heteroatoms. The predicted molar refractivity (Wildman–Crippen MR) is 64.4 cm³/mol. The highest BCUT2D eigenvalue weighted by molar-refractivity contribution is 5.12. The first kappa shape index (κ1) is 11.5. The van der Waals surface area contributed by atoms with Crippen molar-refractivity contribution in [3.05, 3.63) is 23.8 Å². The highest BCUT2D eigenvalue weighted by Gasteiger charge is 2.22. The van der Waals surface area contributed by atoms with Crippen LogP contribution in [0, 0.1) is 0 Å². The Morgan fingerprint density at radius 2 is 2.44 bits per heavy atom. The van der Waals surface area contributed by atoms with E-state index in [1.807, 2.05) is 12.3 Å². The molecule has 0 spiro atoms. The van der Waals surface area contributed by atoms with Gasteiger partial charge in [0.1, 0.15) is 5.82 Å². The van der Waals surface area contributed by atoms with E-state index < -0.39 is 0 Å². The monoisotopic (exact) mass is 220 g/mol. The summed E-state index contributed by atoms with van der Waals surface area (Å²) in [6.07, 6.45) is 3.06. The molecule has 0 bridgehead atoms. The lowest BCUT2D eigenvalue weighted by atomic mass is 10.0. The van der Waals surface area contributed by atoms with Crippen LogP contribution in [0.1, 0.15) is 36.7 Å². The third-order valence-corrected chi connectivity index (χ3v) is 3.30. The fourth-order valence-electron chi connectivity index (χ4n) is 2.14. The molecule has 88 valence electrons. The summed E-state index contributed by atoms with van der Waals surface area (Å²) >= 11 is 0. The highest BCUT2D eigenvalue weighted by Crippen LogP contribution is 2.25. The molecule has 2 atom stereocenters. The van der Waals surface area contributed by atoms with E-state index in [0.29, 0.717) is 12.5 Å². The molecular weight excluding hydrogens is 200 g/mol. The summed E-state index contributed by atoms with van der Waals surface area (Å²) in [6, 6.07) is 2.04. The Labute approximate surface area is 96.9 Å². The molecule has 0 amide bonds. The van der Waals surface area contributed by atoms with E-state index in [-0.39, 0.29) is 5.92 Å². The number of hydrogen-bond donors (Lipinski definition) is 1. The van der Waals surface area contributed by atoms with Crippen LogP contribution in [0.4, 0.5) is 0 Å². The number of aromatic nitrogens is 2. The molecule has 16 heavy (non-hydrogen) atoms. The molecule has 0 aliphatic carbocycles. The molecule has 4 nitrogen and oxygen atoms in total. The van der Waals surface area contributed by atoms with E-state index in [9.17, 15) is 0 Å². The summed E-state index contributed by atoms with van der Waals surface area (Å²) in [5.41, 5.74) is 6.82. The summed E-state index contributed by atoms with van der Waals surface area (Å²) in [6.45, 7) is 4.94. The Morgan fingerprint density at radius 3 is 3.06 bits per heavy atom. The molecule has 1 aliphatic rings. The Hall–Kier alpha value is -1.00. The minimum Gasteiger partial charge on any atom is -0.330 e. The van der Waals surface area contributed by atoms with Gasteiger partial charge in [-0.3, -0.25) is 0 Å². The van der Waals surface area contributed by atoms with Crippen molar-refractivity contribution >= 4 is 0 Å². The Bertz CT molecular complexity index is 353. The Morgan fingerprint density at radius 1 is 1.62 bits per heavy atom. The second-order valence-electron chi connectivity index (χ2n) is 4.72. The van der Waals surface area contributed by atoms with Crippen LogP contribution in [0.15, 0.2) is 12.3 Å². The van der Waals surface area contributed by atoms with Crippen LogP contribution >= 0.6 is 0 Å². The lowest BCUT2D eigenvalue weighted by molar-refractivity contribution is 0.410. The number of rotatable bonds is 3. The highest BCUT2D eigenvalue weighted by atomic mass is 15.1. The van der Waals surface area contributed by atoms with E-state index >= 15 is 0 Å². The van der Waals surface area contributed by atoms with E-state index in [1.54, 1.807) is 0 Å². The van der Waals surface area contributed by atoms with Gasteiger partial charge in [-0.25, -0.2) is 9.97 Å². The number of nitrogens with two attached hydrogens (primary N) is 1. The third kappa shape index (κ3) is 2.39. The van der Waals surface area contributed by atoms with Crippen LogP contribution < -0.4 is 5.73 Å². The van der Waals surface area contributed by atoms with Gasteiger partial charge in [0.2, 0.25) is 0 Å². The zero-order valence-corrected chi connectivity index (χ0v) is 10.1. The molecule has 2 N–H and O–H groups in total. The zero-order chi connectivity index (χ0) is 11.5. The average Bonchev–Trinajstić information content (AvgIpc) is 2.75. The number of nitrogens with zero attached hydrogens (tertiary/aromatic N) is 3. The van der Waals surface area contributed by atoms with Gasteiger partial charge in [-0.15, -0.1) is 0 Å².